The molecule has 11 aromatic carbocycles. The molecule has 0 atom stereocenters. The van der Waals surface area contributed by atoms with Gasteiger partial charge in [-0.25, -0.2) is 0 Å². The quantitative estimate of drug-likeness (QED) is 0.140. The minimum Gasteiger partial charge on any atom is -0.311 e. The smallest absolute Gasteiger partial charge is 0.0462 e. The monoisotopic (exact) mass is 857 g/mol. The predicted octanol–water partition coefficient (Wildman–Crippen LogP) is 18.7. The lowest BCUT2D eigenvalue weighted by Crippen LogP contribution is -2.09. The van der Waals surface area contributed by atoms with E-state index in [1.165, 1.54) is 97.7 Å². The number of hydrogen-bond acceptors (Lipinski definition) is 2. The fourth-order valence-corrected chi connectivity index (χ4v) is 10.8. The van der Waals surface area contributed by atoms with E-state index in [2.05, 4.69) is 266 Å². The second-order valence-corrected chi connectivity index (χ2v) is 17.9. The largest absolute Gasteiger partial charge is 0.311 e. The molecule has 310 valence electrons. The fourth-order valence-electron chi connectivity index (χ4n) is 9.55. The summed E-state index contributed by atoms with van der Waals surface area (Å²) in [7, 11) is 0. The van der Waals surface area contributed by atoms with Gasteiger partial charge < -0.3 is 4.90 Å². The van der Waals surface area contributed by atoms with Crippen LogP contribution >= 0.6 is 11.3 Å². The Morgan fingerprint density at radius 1 is 0.242 bits per heavy atom. The summed E-state index contributed by atoms with van der Waals surface area (Å²) in [6, 6.07) is 95.1. The average molecular weight is 858 g/mol. The van der Waals surface area contributed by atoms with Crippen LogP contribution in [0.15, 0.2) is 261 Å². The molecule has 0 saturated carbocycles. The zero-order valence-electron chi connectivity index (χ0n) is 36.2. The zero-order valence-corrected chi connectivity index (χ0v) is 37.0. The first kappa shape index (κ1) is 39.3. The van der Waals surface area contributed by atoms with Gasteiger partial charge in [0.2, 0.25) is 0 Å². The molecule has 0 N–H and O–H groups in total. The van der Waals surface area contributed by atoms with Gasteiger partial charge in [0, 0.05) is 37.2 Å². The van der Waals surface area contributed by atoms with E-state index in [0.29, 0.717) is 0 Å². The Balaban J connectivity index is 0.930. The van der Waals surface area contributed by atoms with Crippen molar-refractivity contribution >= 4 is 59.3 Å². The van der Waals surface area contributed by atoms with Crippen molar-refractivity contribution in [3.05, 3.63) is 261 Å². The summed E-state index contributed by atoms with van der Waals surface area (Å²) >= 11 is 1.87. The number of nitrogens with zero attached hydrogens (tertiary/aromatic N) is 1. The third-order valence-electron chi connectivity index (χ3n) is 12.9. The molecule has 1 nitrogen and oxygen atoms in total. The van der Waals surface area contributed by atoms with Crippen LogP contribution in [0.3, 0.4) is 0 Å². The Morgan fingerprint density at radius 3 is 1.29 bits per heavy atom. The number of fused-ring (bicyclic) bond motifs is 4. The topological polar surface area (TPSA) is 3.24 Å². The summed E-state index contributed by atoms with van der Waals surface area (Å²) in [4.78, 5) is 2.37. The number of benzene rings is 11. The van der Waals surface area contributed by atoms with Crippen molar-refractivity contribution in [2.75, 3.05) is 4.90 Å². The summed E-state index contributed by atoms with van der Waals surface area (Å²) in [5.41, 5.74) is 17.7. The highest BCUT2D eigenvalue weighted by Gasteiger charge is 2.17. The lowest BCUT2D eigenvalue weighted by atomic mass is 9.93. The highest BCUT2D eigenvalue weighted by atomic mass is 32.1. The second kappa shape index (κ2) is 17.0. The van der Waals surface area contributed by atoms with Crippen molar-refractivity contribution < 1.29 is 0 Å². The van der Waals surface area contributed by atoms with Crippen molar-refractivity contribution in [3.8, 4) is 66.8 Å². The average Bonchev–Trinajstić information content (AvgIpc) is 3.79. The van der Waals surface area contributed by atoms with E-state index in [1.54, 1.807) is 0 Å². The highest BCUT2D eigenvalue weighted by molar-refractivity contribution is 7.26. The third-order valence-corrected chi connectivity index (χ3v) is 14.1. The number of hydrogen-bond donors (Lipinski definition) is 0. The Hall–Kier alpha value is -8.30. The molecule has 0 saturated heterocycles. The van der Waals surface area contributed by atoms with Gasteiger partial charge in [-0.2, -0.15) is 0 Å². The van der Waals surface area contributed by atoms with Crippen LogP contribution in [0.2, 0.25) is 0 Å². The first-order valence-electron chi connectivity index (χ1n) is 22.6. The standard InChI is InChI=1S/C64H43NS/c1-3-14-44(15-4-1)52-41-53(45-16-5-2-6-17-45)43-54(42-52)47-30-36-56(37-31-47)65(57-38-32-49(33-39-57)60-25-13-26-62-61-23-9-10-27-63(61)66-64(60)62)55-34-28-46(29-35-55)50-20-11-21-51(40-50)59-24-12-19-48-18-7-8-22-58(48)59/h1-43H. The van der Waals surface area contributed by atoms with Crippen molar-refractivity contribution in [3.63, 3.8) is 0 Å². The van der Waals surface area contributed by atoms with Crippen molar-refractivity contribution in [1.29, 1.82) is 0 Å². The van der Waals surface area contributed by atoms with Gasteiger partial charge in [-0.15, -0.1) is 11.3 Å². The van der Waals surface area contributed by atoms with Crippen LogP contribution in [-0.4, -0.2) is 0 Å². The molecule has 66 heavy (non-hydrogen) atoms. The van der Waals surface area contributed by atoms with Crippen LogP contribution in [-0.2, 0) is 0 Å². The molecule has 0 unspecified atom stereocenters. The highest BCUT2D eigenvalue weighted by Crippen LogP contribution is 2.43. The van der Waals surface area contributed by atoms with Crippen LogP contribution in [0.4, 0.5) is 17.1 Å². The molecular weight excluding hydrogens is 815 g/mol. The molecule has 0 bridgehead atoms. The number of thiophene rings is 1. The van der Waals surface area contributed by atoms with E-state index < -0.39 is 0 Å². The van der Waals surface area contributed by atoms with E-state index in [9.17, 15) is 0 Å². The van der Waals surface area contributed by atoms with E-state index in [-0.39, 0.29) is 0 Å². The molecular formula is C64H43NS. The first-order valence-corrected chi connectivity index (χ1v) is 23.4. The molecule has 0 aliphatic heterocycles. The Bertz CT molecular complexity index is 3600. The summed E-state index contributed by atoms with van der Waals surface area (Å²) in [6.45, 7) is 0. The summed E-state index contributed by atoms with van der Waals surface area (Å²) in [5, 5.41) is 5.14. The molecule has 0 aliphatic carbocycles. The summed E-state index contributed by atoms with van der Waals surface area (Å²) in [5.74, 6) is 0. The fraction of sp³-hybridized carbons (Fsp3) is 0. The van der Waals surface area contributed by atoms with E-state index >= 15 is 0 Å². The van der Waals surface area contributed by atoms with Crippen LogP contribution in [0.5, 0.6) is 0 Å². The molecule has 12 aromatic rings. The first-order chi connectivity index (χ1) is 32.7. The molecule has 0 radical (unpaired) electrons. The van der Waals surface area contributed by atoms with Crippen LogP contribution in [0, 0.1) is 0 Å². The lowest BCUT2D eigenvalue weighted by molar-refractivity contribution is 1.28. The van der Waals surface area contributed by atoms with Crippen molar-refractivity contribution in [2.45, 2.75) is 0 Å². The third kappa shape index (κ3) is 7.44. The molecule has 0 spiro atoms. The Morgan fingerprint density at radius 2 is 0.652 bits per heavy atom. The maximum atomic E-state index is 2.37. The van der Waals surface area contributed by atoms with Crippen LogP contribution < -0.4 is 4.90 Å². The number of anilines is 3. The summed E-state index contributed by atoms with van der Waals surface area (Å²) < 4.78 is 2.64. The Labute approximate surface area is 389 Å². The van der Waals surface area contributed by atoms with Crippen molar-refractivity contribution in [2.24, 2.45) is 0 Å². The lowest BCUT2D eigenvalue weighted by Gasteiger charge is -2.26. The normalized spacial score (nSPS) is 11.3. The zero-order chi connectivity index (χ0) is 43.8. The molecule has 12 rings (SSSR count). The SMILES string of the molecule is c1ccc(-c2cc(-c3ccccc3)cc(-c3ccc(N(c4ccc(-c5cccc(-c6cccc7ccccc67)c5)cc4)c4ccc(-c5cccc6c5sc5ccccc56)cc4)cc3)c2)cc1. The molecule has 0 amide bonds. The minimum atomic E-state index is 1.09. The van der Waals surface area contributed by atoms with Crippen LogP contribution in [0.25, 0.3) is 97.7 Å². The predicted molar refractivity (Wildman–Crippen MR) is 284 cm³/mol. The molecule has 0 fully saturated rings. The maximum Gasteiger partial charge on any atom is 0.0462 e. The van der Waals surface area contributed by atoms with E-state index in [1.807, 2.05) is 11.3 Å². The van der Waals surface area contributed by atoms with E-state index in [0.717, 1.165) is 17.1 Å². The van der Waals surface area contributed by atoms with Crippen LogP contribution in [0.1, 0.15) is 0 Å². The van der Waals surface area contributed by atoms with Gasteiger partial charge in [0.05, 0.1) is 0 Å². The molecule has 1 aromatic heterocycles. The van der Waals surface area contributed by atoms with Gasteiger partial charge in [0.15, 0.2) is 0 Å². The number of rotatable bonds is 9. The summed E-state index contributed by atoms with van der Waals surface area (Å²) in [6.07, 6.45) is 0. The minimum absolute atomic E-state index is 1.09. The molecule has 0 aliphatic rings. The molecule has 1 heterocycles. The van der Waals surface area contributed by atoms with Gasteiger partial charge in [0.1, 0.15) is 0 Å². The van der Waals surface area contributed by atoms with Gasteiger partial charge in [0.25, 0.3) is 0 Å². The van der Waals surface area contributed by atoms with Gasteiger partial charge in [-0.05, 0) is 144 Å². The second-order valence-electron chi connectivity index (χ2n) is 16.9. The Kier molecular flexibility index (Phi) is 10.1. The molecule has 2 heteroatoms. The van der Waals surface area contributed by atoms with Gasteiger partial charge in [-0.1, -0.05) is 194 Å². The van der Waals surface area contributed by atoms with Gasteiger partial charge in [-0.3, -0.25) is 0 Å². The van der Waals surface area contributed by atoms with Gasteiger partial charge >= 0.3 is 0 Å². The maximum absolute atomic E-state index is 2.37. The van der Waals surface area contributed by atoms with E-state index in [4.69, 9.17) is 0 Å². The van der Waals surface area contributed by atoms with Crippen molar-refractivity contribution in [1.82, 2.24) is 0 Å².